The van der Waals surface area contributed by atoms with Gasteiger partial charge in [-0.3, -0.25) is 14.2 Å². The first kappa shape index (κ1) is 26.7. The van der Waals surface area contributed by atoms with Gasteiger partial charge in [-0.15, -0.1) is 0 Å². The molecule has 0 bridgehead atoms. The fourth-order valence-electron chi connectivity index (χ4n) is 6.03. The summed E-state index contributed by atoms with van der Waals surface area (Å²) in [7, 11) is 1.78. The summed E-state index contributed by atoms with van der Waals surface area (Å²) < 4.78 is 4.66. The average molecular weight is 628 g/mol. The smallest absolute Gasteiger partial charge is 0.261 e. The molecule has 10 heteroatoms. The van der Waals surface area contributed by atoms with Crippen LogP contribution in [0.25, 0.3) is 11.3 Å². The van der Waals surface area contributed by atoms with E-state index in [2.05, 4.69) is 27.5 Å². The number of halogens is 1. The number of amidine groups is 1. The van der Waals surface area contributed by atoms with Crippen LogP contribution in [0.1, 0.15) is 58.1 Å². The zero-order chi connectivity index (χ0) is 29.3. The molecule has 2 aromatic carbocycles. The van der Waals surface area contributed by atoms with Crippen molar-refractivity contribution in [3.05, 3.63) is 109 Å². The van der Waals surface area contributed by atoms with Gasteiger partial charge in [-0.1, -0.05) is 15.9 Å². The molecule has 0 N–H and O–H groups in total. The van der Waals surface area contributed by atoms with Crippen molar-refractivity contribution >= 4 is 33.3 Å². The molecule has 4 heterocycles. The van der Waals surface area contributed by atoms with Crippen molar-refractivity contribution in [3.63, 3.8) is 0 Å². The van der Waals surface area contributed by atoms with Crippen LogP contribution in [0, 0.1) is 12.8 Å². The van der Waals surface area contributed by atoms with Crippen molar-refractivity contribution in [1.29, 1.82) is 0 Å². The number of rotatable bonds is 5. The van der Waals surface area contributed by atoms with E-state index in [1.807, 2.05) is 71.9 Å². The van der Waals surface area contributed by atoms with Gasteiger partial charge in [0.1, 0.15) is 5.65 Å². The summed E-state index contributed by atoms with van der Waals surface area (Å²) in [6.07, 6.45) is 5.60. The Bertz CT molecular complexity index is 1870. The van der Waals surface area contributed by atoms with E-state index in [-0.39, 0.29) is 17.5 Å². The molecule has 3 aliphatic rings. The lowest BCUT2D eigenvalue weighted by Crippen LogP contribution is -2.46. The number of aryl methyl sites for hydroxylation is 1. The van der Waals surface area contributed by atoms with Crippen LogP contribution in [-0.2, 0) is 24.2 Å². The van der Waals surface area contributed by atoms with Gasteiger partial charge < -0.3 is 9.74 Å². The number of benzene rings is 2. The number of fused-ring (bicyclic) bond motifs is 3. The lowest BCUT2D eigenvalue weighted by Gasteiger charge is -2.35. The molecule has 9 nitrogen and oxygen atoms in total. The Morgan fingerprint density at radius 2 is 1.93 bits per heavy atom. The van der Waals surface area contributed by atoms with E-state index in [4.69, 9.17) is 9.94 Å². The van der Waals surface area contributed by atoms with Gasteiger partial charge in [-0.05, 0) is 100 Å². The van der Waals surface area contributed by atoms with Crippen molar-refractivity contribution < 1.29 is 9.63 Å². The van der Waals surface area contributed by atoms with E-state index in [0.29, 0.717) is 41.7 Å². The van der Waals surface area contributed by atoms with Crippen molar-refractivity contribution in [1.82, 2.24) is 24.1 Å². The number of carbonyl (C=O) groups is 1. The van der Waals surface area contributed by atoms with Crippen LogP contribution in [-0.4, -0.2) is 49.0 Å². The van der Waals surface area contributed by atoms with Gasteiger partial charge in [0.05, 0.1) is 24.1 Å². The number of aromatic nitrogens is 3. The highest BCUT2D eigenvalue weighted by atomic mass is 79.9. The van der Waals surface area contributed by atoms with Gasteiger partial charge in [-0.25, -0.2) is 4.52 Å². The molecule has 42 heavy (non-hydrogen) atoms. The maximum Gasteiger partial charge on any atom is 0.261 e. The third-order valence-corrected chi connectivity index (χ3v) is 9.36. The third-order valence-electron chi connectivity index (χ3n) is 8.47. The van der Waals surface area contributed by atoms with E-state index in [0.717, 1.165) is 44.6 Å². The number of hydrogen-bond acceptors (Lipinski definition) is 6. The van der Waals surface area contributed by atoms with E-state index >= 15 is 0 Å². The Morgan fingerprint density at radius 1 is 1.17 bits per heavy atom. The molecule has 0 unspecified atom stereocenters. The number of amides is 1. The molecule has 0 radical (unpaired) electrons. The molecule has 1 aliphatic carbocycles. The largest absolute Gasteiger partial charge is 0.358 e. The topological polar surface area (TPSA) is 84.4 Å². The minimum Gasteiger partial charge on any atom is -0.358 e. The molecule has 2 aromatic heterocycles. The fourth-order valence-corrected chi connectivity index (χ4v) is 6.28. The van der Waals surface area contributed by atoms with Gasteiger partial charge in [0, 0.05) is 39.8 Å². The summed E-state index contributed by atoms with van der Waals surface area (Å²) in [5, 5.41) is 6.40. The van der Waals surface area contributed by atoms with Crippen molar-refractivity contribution in [2.45, 2.75) is 52.1 Å². The summed E-state index contributed by atoms with van der Waals surface area (Å²) in [6, 6.07) is 13.3. The number of nitrogens with zero attached hydrogens (tertiary/aromatic N) is 6. The Balaban J connectivity index is 1.33. The molecule has 214 valence electrons. The molecular weight excluding hydrogens is 596 g/mol. The van der Waals surface area contributed by atoms with Crippen LogP contribution < -0.4 is 5.56 Å². The first-order valence-electron chi connectivity index (χ1n) is 14.2. The Morgan fingerprint density at radius 3 is 2.60 bits per heavy atom. The highest BCUT2D eigenvalue weighted by Crippen LogP contribution is 2.35. The van der Waals surface area contributed by atoms with Gasteiger partial charge in [0.15, 0.2) is 5.84 Å². The monoisotopic (exact) mass is 626 g/mol. The van der Waals surface area contributed by atoms with Crippen LogP contribution in [0.2, 0.25) is 0 Å². The highest BCUT2D eigenvalue weighted by Gasteiger charge is 2.34. The second kappa shape index (κ2) is 9.97. The molecule has 1 atom stereocenters. The molecule has 7 rings (SSSR count). The summed E-state index contributed by atoms with van der Waals surface area (Å²) in [6.45, 7) is 8.08. The van der Waals surface area contributed by atoms with Crippen LogP contribution in [0.5, 0.6) is 0 Å². The van der Waals surface area contributed by atoms with Crippen molar-refractivity contribution in [2.24, 2.45) is 10.9 Å². The zero-order valence-electron chi connectivity index (χ0n) is 23.8. The quantitative estimate of drug-likeness (QED) is 0.304. The standard InChI is InChI=1S/C32H31BrN6O3/c1-18-13-23(9-12-27(18)33)31(40)37-17-28-26(14-19(37)2)32(41)38(30-24(15-21-5-6-21)16-34-39(28)30)25-10-7-22(8-11-25)29-35-20(3)42-36(29)4/h7-13,16,19,21H,3,5-6,14-15,17H2,1-2,4H3/t19-/m1/s1. The highest BCUT2D eigenvalue weighted by molar-refractivity contribution is 9.10. The van der Waals surface area contributed by atoms with E-state index in [9.17, 15) is 9.59 Å². The number of hydroxylamine groups is 2. The lowest BCUT2D eigenvalue weighted by atomic mass is 9.98. The lowest BCUT2D eigenvalue weighted by molar-refractivity contribution is -0.00998. The van der Waals surface area contributed by atoms with E-state index in [1.165, 1.54) is 12.8 Å². The first-order chi connectivity index (χ1) is 20.2. The van der Waals surface area contributed by atoms with Crippen LogP contribution >= 0.6 is 15.9 Å². The van der Waals surface area contributed by atoms with Crippen molar-refractivity contribution in [3.8, 4) is 5.69 Å². The zero-order valence-corrected chi connectivity index (χ0v) is 25.4. The van der Waals surface area contributed by atoms with Crippen molar-refractivity contribution in [2.75, 3.05) is 7.05 Å². The Labute approximate surface area is 251 Å². The van der Waals surface area contributed by atoms with E-state index in [1.54, 1.807) is 16.7 Å². The predicted octanol–water partition coefficient (Wildman–Crippen LogP) is 5.19. The molecule has 0 spiro atoms. The van der Waals surface area contributed by atoms with Gasteiger partial charge in [0.2, 0.25) is 5.88 Å². The molecular formula is C32H31BrN6O3. The second-order valence-corrected chi connectivity index (χ2v) is 12.4. The summed E-state index contributed by atoms with van der Waals surface area (Å²) in [5.41, 5.74) is 6.49. The maximum atomic E-state index is 14.3. The van der Waals surface area contributed by atoms with Gasteiger partial charge >= 0.3 is 0 Å². The Kier molecular flexibility index (Phi) is 6.34. The molecule has 2 aliphatic heterocycles. The summed E-state index contributed by atoms with van der Waals surface area (Å²) in [4.78, 5) is 39.7. The van der Waals surface area contributed by atoms with Crippen LogP contribution in [0.4, 0.5) is 0 Å². The predicted molar refractivity (Wildman–Crippen MR) is 164 cm³/mol. The SMILES string of the molecule is C=C1N=C(c2ccc(-n3c(=O)c4c(n5ncc(CC6CC6)c35)CN(C(=O)c3ccc(Br)c(C)c3)[C@H](C)C4)cc2)N(C)O1. The first-order valence-corrected chi connectivity index (χ1v) is 15.0. The molecule has 4 aromatic rings. The average Bonchev–Trinajstić information content (AvgIpc) is 3.60. The maximum absolute atomic E-state index is 14.3. The molecule has 1 amide bonds. The summed E-state index contributed by atoms with van der Waals surface area (Å²) in [5.74, 6) is 1.56. The third kappa shape index (κ3) is 4.45. The van der Waals surface area contributed by atoms with Crippen LogP contribution in [0.15, 0.2) is 75.4 Å². The molecule has 1 saturated carbocycles. The van der Waals surface area contributed by atoms with E-state index < -0.39 is 0 Å². The number of carbonyl (C=O) groups excluding carboxylic acids is 1. The summed E-state index contributed by atoms with van der Waals surface area (Å²) >= 11 is 3.53. The minimum atomic E-state index is -0.152. The second-order valence-electron chi connectivity index (χ2n) is 11.5. The fraction of sp³-hybridized carbons (Fsp3) is 0.312. The molecule has 1 fully saturated rings. The number of hydrogen-bond donors (Lipinski definition) is 0. The van der Waals surface area contributed by atoms with Gasteiger partial charge in [-0.2, -0.15) is 15.2 Å². The Hall–Kier alpha value is -4.18. The van der Waals surface area contributed by atoms with Gasteiger partial charge in [0.25, 0.3) is 11.5 Å². The molecule has 0 saturated heterocycles. The normalized spacial score (nSPS) is 18.3. The van der Waals surface area contributed by atoms with Crippen LogP contribution in [0.3, 0.4) is 0 Å². The number of aliphatic imine (C=N–C) groups is 1. The minimum absolute atomic E-state index is 0.0477.